The van der Waals surface area contributed by atoms with E-state index in [-0.39, 0.29) is 0 Å². The summed E-state index contributed by atoms with van der Waals surface area (Å²) >= 11 is 0. The predicted octanol–water partition coefficient (Wildman–Crippen LogP) is 12.4. The summed E-state index contributed by atoms with van der Waals surface area (Å²) in [7, 11) is 0. The zero-order valence-electron chi connectivity index (χ0n) is 27.5. The summed E-state index contributed by atoms with van der Waals surface area (Å²) in [4.78, 5) is 15.0. The van der Waals surface area contributed by atoms with Gasteiger partial charge in [-0.1, -0.05) is 152 Å². The third kappa shape index (κ3) is 5.13. The molecule has 0 N–H and O–H groups in total. The molecule has 10 aromatic rings. The molecule has 0 saturated heterocycles. The molecular formula is C47H29N3O. The average Bonchev–Trinajstić information content (AvgIpc) is 3.60. The molecule has 4 heteroatoms. The molecule has 8 aromatic carbocycles. The fourth-order valence-electron chi connectivity index (χ4n) is 7.14. The molecule has 0 amide bonds. The van der Waals surface area contributed by atoms with Gasteiger partial charge in [0.25, 0.3) is 0 Å². The lowest BCUT2D eigenvalue weighted by molar-refractivity contribution is 0.673. The van der Waals surface area contributed by atoms with Crippen LogP contribution in [0.5, 0.6) is 0 Å². The summed E-state index contributed by atoms with van der Waals surface area (Å²) in [6.45, 7) is 0. The largest absolute Gasteiger partial charge is 0.455 e. The van der Waals surface area contributed by atoms with E-state index >= 15 is 0 Å². The van der Waals surface area contributed by atoms with Gasteiger partial charge >= 0.3 is 0 Å². The van der Waals surface area contributed by atoms with Gasteiger partial charge < -0.3 is 4.42 Å². The number of benzene rings is 8. The minimum absolute atomic E-state index is 0.587. The number of nitrogens with zero attached hydrogens (tertiary/aromatic N) is 3. The normalized spacial score (nSPS) is 11.5. The summed E-state index contributed by atoms with van der Waals surface area (Å²) in [5.74, 6) is 1.83. The molecule has 0 aliphatic heterocycles. The lowest BCUT2D eigenvalue weighted by atomic mass is 9.94. The first-order valence-corrected chi connectivity index (χ1v) is 17.1. The van der Waals surface area contributed by atoms with Crippen LogP contribution in [0.1, 0.15) is 0 Å². The Labute approximate surface area is 294 Å². The summed E-state index contributed by atoms with van der Waals surface area (Å²) in [5, 5.41) is 6.84. The SMILES string of the molecule is c1ccc(-c2nc(-c3ccccc3)nc(-c3cc(-c4ccc(-c5ccc6ccccc6c5)cc4)c4c(c3)oc3c5ccccc5ccc34)n2)cc1. The minimum atomic E-state index is 0.587. The van der Waals surface area contributed by atoms with Crippen molar-refractivity contribution >= 4 is 43.5 Å². The van der Waals surface area contributed by atoms with Crippen molar-refractivity contribution in [2.75, 3.05) is 0 Å². The van der Waals surface area contributed by atoms with Crippen molar-refractivity contribution in [2.24, 2.45) is 0 Å². The van der Waals surface area contributed by atoms with E-state index in [1.165, 1.54) is 16.3 Å². The van der Waals surface area contributed by atoms with Gasteiger partial charge in [-0.25, -0.2) is 15.0 Å². The van der Waals surface area contributed by atoms with Gasteiger partial charge in [-0.05, 0) is 62.7 Å². The van der Waals surface area contributed by atoms with Gasteiger partial charge in [0.2, 0.25) is 0 Å². The molecule has 51 heavy (non-hydrogen) atoms. The van der Waals surface area contributed by atoms with Crippen molar-refractivity contribution in [3.05, 3.63) is 176 Å². The number of fused-ring (bicyclic) bond motifs is 6. The van der Waals surface area contributed by atoms with Crippen LogP contribution in [0.2, 0.25) is 0 Å². The van der Waals surface area contributed by atoms with Crippen LogP contribution in [0.4, 0.5) is 0 Å². The van der Waals surface area contributed by atoms with Crippen molar-refractivity contribution in [3.63, 3.8) is 0 Å². The zero-order chi connectivity index (χ0) is 33.7. The Morgan fingerprint density at radius 2 is 0.882 bits per heavy atom. The van der Waals surface area contributed by atoms with Gasteiger partial charge in [0.1, 0.15) is 11.2 Å². The standard InChI is InChI=1S/C47H29N3O/c1-3-13-34(14-4-1)45-48-46(35-15-5-2-6-16-35)50-47(49-45)38-28-41(43-40-26-25-32-12-9-10-18-39(32)44(40)51-42(43)29-38)33-22-19-31(20-23-33)37-24-21-30-11-7-8-17-36(30)27-37/h1-29H. The lowest BCUT2D eigenvalue weighted by Crippen LogP contribution is -2.00. The Morgan fingerprint density at radius 3 is 1.59 bits per heavy atom. The van der Waals surface area contributed by atoms with Crippen LogP contribution in [0.15, 0.2) is 180 Å². The molecule has 0 aliphatic carbocycles. The highest BCUT2D eigenvalue weighted by Gasteiger charge is 2.20. The van der Waals surface area contributed by atoms with Crippen molar-refractivity contribution in [3.8, 4) is 56.4 Å². The first-order chi connectivity index (χ1) is 25.2. The first kappa shape index (κ1) is 29.0. The van der Waals surface area contributed by atoms with Crippen LogP contribution in [0.3, 0.4) is 0 Å². The number of hydrogen-bond donors (Lipinski definition) is 0. The summed E-state index contributed by atoms with van der Waals surface area (Å²) in [6, 6.07) is 61.1. The highest BCUT2D eigenvalue weighted by atomic mass is 16.3. The average molecular weight is 652 g/mol. The number of furan rings is 1. The third-order valence-corrected chi connectivity index (χ3v) is 9.70. The molecule has 0 saturated carbocycles. The molecule has 0 aliphatic rings. The third-order valence-electron chi connectivity index (χ3n) is 9.70. The molecule has 0 bridgehead atoms. The van der Waals surface area contributed by atoms with Crippen molar-refractivity contribution in [2.45, 2.75) is 0 Å². The van der Waals surface area contributed by atoms with Crippen LogP contribution in [0, 0.1) is 0 Å². The fourth-order valence-corrected chi connectivity index (χ4v) is 7.14. The molecule has 0 atom stereocenters. The van der Waals surface area contributed by atoms with E-state index in [4.69, 9.17) is 19.4 Å². The van der Waals surface area contributed by atoms with Gasteiger partial charge in [-0.15, -0.1) is 0 Å². The van der Waals surface area contributed by atoms with E-state index in [1.807, 2.05) is 60.7 Å². The summed E-state index contributed by atoms with van der Waals surface area (Å²) < 4.78 is 6.78. The zero-order valence-corrected chi connectivity index (χ0v) is 27.5. The maximum Gasteiger partial charge on any atom is 0.164 e. The second-order valence-corrected chi connectivity index (χ2v) is 12.8. The smallest absolute Gasteiger partial charge is 0.164 e. The Bertz CT molecular complexity index is 2840. The summed E-state index contributed by atoms with van der Waals surface area (Å²) in [5.41, 5.74) is 8.88. The van der Waals surface area contributed by atoms with Crippen LogP contribution in [-0.2, 0) is 0 Å². The second kappa shape index (κ2) is 11.9. The van der Waals surface area contributed by atoms with Crippen molar-refractivity contribution < 1.29 is 4.42 Å². The first-order valence-electron chi connectivity index (χ1n) is 17.1. The van der Waals surface area contributed by atoms with E-state index in [2.05, 4.69) is 115 Å². The van der Waals surface area contributed by atoms with Gasteiger partial charge in [0.15, 0.2) is 17.5 Å². The van der Waals surface area contributed by atoms with Crippen LogP contribution in [-0.4, -0.2) is 15.0 Å². The fraction of sp³-hybridized carbons (Fsp3) is 0. The van der Waals surface area contributed by atoms with Gasteiger partial charge in [-0.2, -0.15) is 0 Å². The van der Waals surface area contributed by atoms with E-state index < -0.39 is 0 Å². The van der Waals surface area contributed by atoms with Crippen molar-refractivity contribution in [1.29, 1.82) is 0 Å². The molecule has 4 nitrogen and oxygen atoms in total. The van der Waals surface area contributed by atoms with E-state index in [0.29, 0.717) is 17.5 Å². The molecule has 0 unspecified atom stereocenters. The Morgan fingerprint density at radius 1 is 0.333 bits per heavy atom. The molecule has 238 valence electrons. The number of rotatable bonds is 5. The highest BCUT2D eigenvalue weighted by Crippen LogP contribution is 2.42. The summed E-state index contributed by atoms with van der Waals surface area (Å²) in [6.07, 6.45) is 0. The maximum atomic E-state index is 6.78. The molecule has 10 rings (SSSR count). The predicted molar refractivity (Wildman–Crippen MR) is 209 cm³/mol. The number of hydrogen-bond acceptors (Lipinski definition) is 4. The Balaban J connectivity index is 1.20. The van der Waals surface area contributed by atoms with Crippen LogP contribution >= 0.6 is 0 Å². The molecule has 0 radical (unpaired) electrons. The number of aromatic nitrogens is 3. The van der Waals surface area contributed by atoms with Gasteiger partial charge in [-0.3, -0.25) is 0 Å². The Hall–Kier alpha value is -6.91. The highest BCUT2D eigenvalue weighted by molar-refractivity contribution is 6.19. The minimum Gasteiger partial charge on any atom is -0.455 e. The molecule has 0 fully saturated rings. The quantitative estimate of drug-likeness (QED) is 0.186. The lowest BCUT2D eigenvalue weighted by Gasteiger charge is -2.11. The van der Waals surface area contributed by atoms with Gasteiger partial charge in [0, 0.05) is 32.8 Å². The molecular weight excluding hydrogens is 623 g/mol. The van der Waals surface area contributed by atoms with E-state index in [0.717, 1.165) is 66.1 Å². The second-order valence-electron chi connectivity index (χ2n) is 12.8. The molecule has 2 aromatic heterocycles. The van der Waals surface area contributed by atoms with Crippen LogP contribution in [0.25, 0.3) is 99.9 Å². The van der Waals surface area contributed by atoms with E-state index in [1.54, 1.807) is 0 Å². The Kier molecular flexibility index (Phi) is 6.78. The van der Waals surface area contributed by atoms with Gasteiger partial charge in [0.05, 0.1) is 0 Å². The van der Waals surface area contributed by atoms with Crippen LogP contribution < -0.4 is 0 Å². The topological polar surface area (TPSA) is 51.8 Å². The molecule has 2 heterocycles. The van der Waals surface area contributed by atoms with Crippen molar-refractivity contribution in [1.82, 2.24) is 15.0 Å². The maximum absolute atomic E-state index is 6.78. The monoisotopic (exact) mass is 651 g/mol. The molecule has 0 spiro atoms. The van der Waals surface area contributed by atoms with E-state index in [9.17, 15) is 0 Å².